The number of esters is 1. The molecule has 0 saturated carbocycles. The minimum absolute atomic E-state index is 0. The number of carbonyl (C=O) groups is 2. The summed E-state index contributed by atoms with van der Waals surface area (Å²) in [6.07, 6.45) is 2.99. The number of hydrogen-bond acceptors (Lipinski definition) is 8. The van der Waals surface area contributed by atoms with E-state index in [2.05, 4.69) is 257 Å². The van der Waals surface area contributed by atoms with Gasteiger partial charge in [0.05, 0.1) is 74.6 Å². The Labute approximate surface area is 633 Å². The van der Waals surface area contributed by atoms with E-state index in [9.17, 15) is 14.7 Å². The van der Waals surface area contributed by atoms with Gasteiger partial charge in [-0.3, -0.25) is 19.9 Å². The second-order valence-electron chi connectivity index (χ2n) is 29.6. The Morgan fingerprint density at radius 1 is 0.371 bits per heavy atom. The molecule has 12 aromatic rings. The first-order valence-corrected chi connectivity index (χ1v) is 34.9. The van der Waals surface area contributed by atoms with E-state index >= 15 is 0 Å². The third-order valence-electron chi connectivity index (χ3n) is 20.0. The second-order valence-corrected chi connectivity index (χ2v) is 29.6. The monoisotopic (exact) mass is 1390 g/mol. The van der Waals surface area contributed by atoms with Crippen LogP contribution in [0.5, 0.6) is 0 Å². The molecule has 0 radical (unpaired) electrons. The third kappa shape index (κ3) is 14.5. The molecule has 14 heteroatoms. The summed E-state index contributed by atoms with van der Waals surface area (Å²) in [5.41, 5.74) is 27.1. The molecule has 16 bridgehead atoms. The minimum Gasteiger partial charge on any atom is -0.870 e. The molecule has 6 aromatic heterocycles. The van der Waals surface area contributed by atoms with E-state index in [1.54, 1.807) is 36.4 Å². The molecule has 6 aromatic carbocycles. The Morgan fingerprint density at radius 2 is 0.676 bits per heavy atom. The van der Waals surface area contributed by atoms with Crippen LogP contribution in [-0.4, -0.2) is 69.5 Å². The van der Waals surface area contributed by atoms with Crippen molar-refractivity contribution in [2.45, 2.75) is 103 Å². The molecule has 0 aliphatic carbocycles. The number of fused-ring (bicyclic) bond motifs is 16. The van der Waals surface area contributed by atoms with Crippen molar-refractivity contribution in [1.29, 1.82) is 0 Å². The van der Waals surface area contributed by atoms with Crippen LogP contribution in [0.25, 0.3) is 88.6 Å². The summed E-state index contributed by atoms with van der Waals surface area (Å²) < 4.78 is 4.90. The molecule has 0 fully saturated rings. The van der Waals surface area contributed by atoms with Crippen molar-refractivity contribution in [3.05, 3.63) is 309 Å². The summed E-state index contributed by atoms with van der Waals surface area (Å²) in [6, 6.07) is 77.2. The van der Waals surface area contributed by atoms with Crippen molar-refractivity contribution in [1.82, 2.24) is 39.9 Å². The molecule has 0 spiro atoms. The van der Waals surface area contributed by atoms with Crippen LogP contribution in [0.2, 0.25) is 0 Å². The van der Waals surface area contributed by atoms with Gasteiger partial charge in [-0.15, -0.1) is 0 Å². The van der Waals surface area contributed by atoms with Crippen molar-refractivity contribution in [3.8, 4) is 68.2 Å². The topological polar surface area (TPSA) is 208 Å². The number of nitrogens with one attached hydrogen (secondary N) is 4. The molecule has 0 saturated heterocycles. The number of H-pyrrole nitrogens is 4. The van der Waals surface area contributed by atoms with Gasteiger partial charge in [-0.1, -0.05) is 200 Å². The molecule has 16 rings (SSSR count). The maximum Gasteiger partial charge on any atom is 1.00 e. The summed E-state index contributed by atoms with van der Waals surface area (Å²) in [6.45, 7) is 18.1. The number of carbonyl (C=O) groups excluding carboxylic acids is 1. The van der Waals surface area contributed by atoms with Crippen LogP contribution in [0, 0.1) is 23.7 Å². The fraction of sp³-hybridized carbons (Fsp3) is 0.187. The predicted octanol–water partition coefficient (Wildman–Crippen LogP) is 16.5. The number of hydrogen-bond donors (Lipinski definition) is 5. The normalized spacial score (nSPS) is 14.1. The summed E-state index contributed by atoms with van der Waals surface area (Å²) in [4.78, 5) is 60.3. The average molecular weight is 1390 g/mol. The molecule has 13 nitrogen and oxygen atoms in total. The Morgan fingerprint density at radius 3 is 1.02 bits per heavy atom. The van der Waals surface area contributed by atoms with Gasteiger partial charge in [0.15, 0.2) is 0 Å². The van der Waals surface area contributed by atoms with Crippen molar-refractivity contribution >= 4 is 56.1 Å². The van der Waals surface area contributed by atoms with E-state index in [0.717, 1.165) is 169 Å². The smallest absolute Gasteiger partial charge is 0.870 e. The number of carboxylic acids is 1. The number of aromatic amines is 4. The number of aromatic nitrogens is 8. The van der Waals surface area contributed by atoms with E-state index in [-0.39, 0.29) is 68.2 Å². The summed E-state index contributed by atoms with van der Waals surface area (Å²) in [7, 11) is 1.38. The molecule has 4 aliphatic heterocycles. The van der Waals surface area contributed by atoms with Gasteiger partial charge in [-0.05, 0) is 131 Å². The molecule has 0 amide bonds. The van der Waals surface area contributed by atoms with Gasteiger partial charge in [-0.2, -0.15) is 0 Å². The van der Waals surface area contributed by atoms with Gasteiger partial charge < -0.3 is 35.3 Å². The van der Waals surface area contributed by atoms with Gasteiger partial charge in [-0.25, -0.2) is 9.59 Å². The number of nitrogens with zero attached hydrogens (tertiary/aromatic N) is 4. The van der Waals surface area contributed by atoms with Crippen molar-refractivity contribution in [2.24, 2.45) is 0 Å². The zero-order valence-corrected chi connectivity index (χ0v) is 62.7. The Balaban J connectivity index is 0.000000183. The van der Waals surface area contributed by atoms with Crippen LogP contribution in [-0.2, 0) is 52.1 Å². The van der Waals surface area contributed by atoms with Gasteiger partial charge in [0.2, 0.25) is 0 Å². The largest absolute Gasteiger partial charge is 1.00 e. The van der Waals surface area contributed by atoms with Crippen LogP contribution in [0.3, 0.4) is 0 Å². The molecule has 10 heterocycles. The van der Waals surface area contributed by atoms with Crippen LogP contribution >= 0.6 is 0 Å². The standard InChI is InChI=1S/C46H40N4O2.C45H38N4O2.Na.H2O/c1-45(2)27-34-26-33-21-23-37(47-33)40(30-12-8-6-9-13-30)43-46(3,4)28-39(50-43)35(22-18-29-16-19-32(20-17-29)44(51)52-5)36-24-25-38(49-36)41(42(45)48-34)31-14-10-7-11-15-31;1-44(2)26-33-25-32-20-22-36(46-32)39(29-11-7-5-8-12-29)42-45(3,4)27-38(49-42)34(21-17-28-15-18-31(19-16-28)43(50)51)35-23-24-37(48-35)40(41(44)47-33)30-13-9-6-10-14-30;;/h6-17,19-21,23-26,47,49H,27-28H2,1-5H3;5-16,18-20,22-25,46,48H,26-27H2,1-4H3,(H,50,51);;1H2/q;;+1;/p-1. The second kappa shape index (κ2) is 29.0. The van der Waals surface area contributed by atoms with Gasteiger partial charge in [0.25, 0.3) is 0 Å². The van der Waals surface area contributed by atoms with Crippen molar-refractivity contribution in [2.75, 3.05) is 7.11 Å². The Bertz CT molecular complexity index is 5770. The summed E-state index contributed by atoms with van der Waals surface area (Å²) in [5, 5.41) is 9.43. The number of carboxylic acid groups (broad SMARTS) is 1. The first-order valence-electron chi connectivity index (χ1n) is 34.9. The molecule has 6 N–H and O–H groups in total. The first kappa shape index (κ1) is 72.0. The van der Waals surface area contributed by atoms with Gasteiger partial charge >= 0.3 is 41.5 Å². The summed E-state index contributed by atoms with van der Waals surface area (Å²) >= 11 is 0. The van der Waals surface area contributed by atoms with Crippen LogP contribution in [0.1, 0.15) is 144 Å². The predicted molar refractivity (Wildman–Crippen MR) is 416 cm³/mol. The number of aromatic carboxylic acids is 1. The Hall–Kier alpha value is -11.4. The van der Waals surface area contributed by atoms with Crippen LogP contribution in [0.4, 0.5) is 0 Å². The zero-order chi connectivity index (χ0) is 71.4. The quantitative estimate of drug-likeness (QED) is 0.0609. The van der Waals surface area contributed by atoms with E-state index in [1.165, 1.54) is 7.11 Å². The first-order chi connectivity index (χ1) is 49.6. The fourth-order valence-corrected chi connectivity index (χ4v) is 14.9. The van der Waals surface area contributed by atoms with E-state index in [0.29, 0.717) is 18.4 Å². The maximum atomic E-state index is 12.1. The molecule has 0 atom stereocenters. The molecule has 4 aliphatic rings. The SMILES string of the molecule is CC1(C)Cc2nc1c(-c1ccccc1)c1ccc(cc3nc(c(-c4ccccc4)c4ccc([nH]4)c2C#Cc2ccc(C(=O)O)cc2)C(C)(C)C3)[nH]1.COC(=O)c1ccc(C#Cc2c3nc(c(-c4ccccc4)c4ccc(cc5nc(c(-c6ccccc6)c6ccc2[nH]6)C(C)(C)C5)[nH]4)C(C)(C)C3)cc1.[Na+].[OH-]. The number of methoxy groups -OCH3 is 1. The molecular weight excluding hydrogens is 1310 g/mol. The molecule has 105 heavy (non-hydrogen) atoms. The molecule has 514 valence electrons. The van der Waals surface area contributed by atoms with Crippen LogP contribution in [0.15, 0.2) is 231 Å². The van der Waals surface area contributed by atoms with Crippen LogP contribution < -0.4 is 29.6 Å². The molecule has 0 unspecified atom stereocenters. The van der Waals surface area contributed by atoms with E-state index < -0.39 is 5.97 Å². The zero-order valence-electron chi connectivity index (χ0n) is 60.7. The van der Waals surface area contributed by atoms with Gasteiger partial charge in [0.1, 0.15) is 0 Å². The van der Waals surface area contributed by atoms with Crippen molar-refractivity contribution in [3.63, 3.8) is 0 Å². The summed E-state index contributed by atoms with van der Waals surface area (Å²) in [5.74, 6) is 12.4. The number of benzene rings is 6. The third-order valence-corrected chi connectivity index (χ3v) is 20.0. The number of ether oxygens (including phenoxy) is 1. The Kier molecular flexibility index (Phi) is 19.9. The fourth-order valence-electron chi connectivity index (χ4n) is 14.9. The minimum atomic E-state index is -0.964. The van der Waals surface area contributed by atoms with Gasteiger partial charge in [0, 0.05) is 125 Å². The molecular formula is C91H79N8NaO5. The van der Waals surface area contributed by atoms with Crippen molar-refractivity contribution < 1.29 is 54.5 Å². The maximum absolute atomic E-state index is 12.1. The van der Waals surface area contributed by atoms with E-state index in [1.807, 2.05) is 36.4 Å². The average Bonchev–Trinajstić information content (AvgIpc) is 1.67. The number of rotatable bonds is 6. The van der Waals surface area contributed by atoms with E-state index in [4.69, 9.17) is 24.7 Å².